The van der Waals surface area contributed by atoms with E-state index < -0.39 is 0 Å². The molecule has 2 heterocycles. The largest absolute Gasteiger partial charge is 0.368 e. The highest BCUT2D eigenvalue weighted by molar-refractivity contribution is 8.00. The molecule has 1 atom stereocenters. The van der Waals surface area contributed by atoms with Crippen LogP contribution in [0.2, 0.25) is 0 Å². The van der Waals surface area contributed by atoms with Crippen molar-refractivity contribution < 1.29 is 4.79 Å². The molecule has 0 spiro atoms. The van der Waals surface area contributed by atoms with Crippen molar-refractivity contribution in [2.75, 3.05) is 16.8 Å². The Morgan fingerprint density at radius 1 is 1.14 bits per heavy atom. The molecule has 1 aliphatic rings. The Morgan fingerprint density at radius 2 is 1.86 bits per heavy atom. The van der Waals surface area contributed by atoms with Crippen LogP contribution in [0.15, 0.2) is 29.4 Å². The second-order valence-electron chi connectivity index (χ2n) is 4.63. The number of nitrogens with one attached hydrogen (secondary N) is 1. The van der Waals surface area contributed by atoms with Crippen LogP contribution in [0.4, 0.5) is 17.6 Å². The lowest BCUT2D eigenvalue weighted by Gasteiger charge is -2.11. The number of para-hydroxylation sites is 1. The fraction of sp³-hybridized carbons (Fsp3) is 0.231. The molecule has 108 valence electrons. The Balaban J connectivity index is 1.79. The number of rotatable bonds is 2. The third kappa shape index (κ3) is 3.05. The summed E-state index contributed by atoms with van der Waals surface area (Å²) in [7, 11) is 0. The normalized spacial score (nSPS) is 17.7. The van der Waals surface area contributed by atoms with Crippen LogP contribution in [0.5, 0.6) is 0 Å². The number of aryl methyl sites for hydroxylation is 1. The number of anilines is 3. The monoisotopic (exact) mass is 302 g/mol. The summed E-state index contributed by atoms with van der Waals surface area (Å²) in [6.07, 6.45) is 1.50. The predicted octanol–water partition coefficient (Wildman–Crippen LogP) is 1.08. The van der Waals surface area contributed by atoms with E-state index in [0.717, 1.165) is 17.7 Å². The van der Waals surface area contributed by atoms with Crippen molar-refractivity contribution in [3.05, 3.63) is 29.8 Å². The number of nitrogen functional groups attached to an aromatic ring is 2. The van der Waals surface area contributed by atoms with Gasteiger partial charge in [-0.15, -0.1) is 0 Å². The predicted molar refractivity (Wildman–Crippen MR) is 81.7 cm³/mol. The van der Waals surface area contributed by atoms with Gasteiger partial charge in [0.1, 0.15) is 0 Å². The van der Waals surface area contributed by atoms with Gasteiger partial charge in [0.25, 0.3) is 0 Å². The average molecular weight is 302 g/mol. The molecule has 2 aromatic rings. The maximum atomic E-state index is 12.3. The van der Waals surface area contributed by atoms with E-state index in [0.29, 0.717) is 11.6 Å². The van der Waals surface area contributed by atoms with Crippen LogP contribution < -0.4 is 16.8 Å². The van der Waals surface area contributed by atoms with Crippen LogP contribution in [0.3, 0.4) is 0 Å². The zero-order valence-corrected chi connectivity index (χ0v) is 11.9. The van der Waals surface area contributed by atoms with Gasteiger partial charge in [0.05, 0.1) is 5.25 Å². The molecule has 0 saturated heterocycles. The van der Waals surface area contributed by atoms with Crippen LogP contribution >= 0.6 is 11.8 Å². The zero-order valence-electron chi connectivity index (χ0n) is 11.1. The lowest BCUT2D eigenvalue weighted by atomic mass is 10.1. The molecule has 5 N–H and O–H groups in total. The second kappa shape index (κ2) is 5.57. The Labute approximate surface area is 125 Å². The van der Waals surface area contributed by atoms with E-state index in [1.807, 2.05) is 24.3 Å². The quantitative estimate of drug-likeness (QED) is 0.759. The fourth-order valence-corrected chi connectivity index (χ4v) is 3.12. The first-order valence-electron chi connectivity index (χ1n) is 6.44. The highest BCUT2D eigenvalue weighted by Crippen LogP contribution is 2.30. The van der Waals surface area contributed by atoms with Gasteiger partial charge >= 0.3 is 0 Å². The smallest absolute Gasteiger partial charge is 0.237 e. The van der Waals surface area contributed by atoms with Crippen LogP contribution in [-0.2, 0) is 11.2 Å². The van der Waals surface area contributed by atoms with Crippen molar-refractivity contribution in [1.82, 2.24) is 15.0 Å². The van der Waals surface area contributed by atoms with E-state index in [-0.39, 0.29) is 23.1 Å². The number of fused-ring (bicyclic) bond motifs is 1. The van der Waals surface area contributed by atoms with Crippen molar-refractivity contribution in [3.8, 4) is 0 Å². The number of nitrogens with zero attached hydrogens (tertiary/aromatic N) is 3. The van der Waals surface area contributed by atoms with Gasteiger partial charge in [-0.3, -0.25) is 4.79 Å². The van der Waals surface area contributed by atoms with Crippen LogP contribution in [0, 0.1) is 0 Å². The fourth-order valence-electron chi connectivity index (χ4n) is 2.17. The van der Waals surface area contributed by atoms with Gasteiger partial charge in [0.15, 0.2) is 5.16 Å². The van der Waals surface area contributed by atoms with Gasteiger partial charge in [-0.05, 0) is 24.5 Å². The second-order valence-corrected chi connectivity index (χ2v) is 5.80. The Hall–Kier alpha value is -2.35. The van der Waals surface area contributed by atoms with E-state index in [9.17, 15) is 4.79 Å². The van der Waals surface area contributed by atoms with Gasteiger partial charge < -0.3 is 16.8 Å². The summed E-state index contributed by atoms with van der Waals surface area (Å²) >= 11 is 1.25. The standard InChI is InChI=1S/C13H14N6OS/c14-11-17-12(15)19-13(18-11)21-9-6-5-7-3-1-2-4-8(7)16-10(9)20/h1-4,9H,5-6H2,(H,16,20)(H4,14,15,17,18,19). The highest BCUT2D eigenvalue weighted by Gasteiger charge is 2.25. The molecule has 0 fully saturated rings. The van der Waals surface area contributed by atoms with E-state index in [4.69, 9.17) is 11.5 Å². The molecule has 0 aliphatic carbocycles. The molecule has 1 unspecified atom stereocenters. The SMILES string of the molecule is Nc1nc(N)nc(SC2CCc3ccccc3NC2=O)n1. The number of benzene rings is 1. The topological polar surface area (TPSA) is 120 Å². The van der Waals surface area contributed by atoms with E-state index >= 15 is 0 Å². The summed E-state index contributed by atoms with van der Waals surface area (Å²) in [5, 5.41) is 3.00. The Morgan fingerprint density at radius 3 is 2.62 bits per heavy atom. The number of hydrogen-bond donors (Lipinski definition) is 3. The number of carbonyl (C=O) groups excluding carboxylic acids is 1. The third-order valence-corrected chi connectivity index (χ3v) is 4.27. The molecule has 7 nitrogen and oxygen atoms in total. The van der Waals surface area contributed by atoms with Crippen LogP contribution in [0.25, 0.3) is 0 Å². The number of thioether (sulfide) groups is 1. The molecular formula is C13H14N6OS. The van der Waals surface area contributed by atoms with Crippen molar-refractivity contribution in [1.29, 1.82) is 0 Å². The van der Waals surface area contributed by atoms with E-state index in [1.165, 1.54) is 11.8 Å². The minimum Gasteiger partial charge on any atom is -0.368 e. The number of carbonyl (C=O) groups is 1. The van der Waals surface area contributed by atoms with Gasteiger partial charge in [-0.25, -0.2) is 0 Å². The van der Waals surface area contributed by atoms with Gasteiger partial charge in [-0.2, -0.15) is 15.0 Å². The summed E-state index contributed by atoms with van der Waals surface area (Å²) < 4.78 is 0. The lowest BCUT2D eigenvalue weighted by molar-refractivity contribution is -0.115. The minimum atomic E-state index is -0.293. The molecule has 0 radical (unpaired) electrons. The first kappa shape index (κ1) is 13.6. The van der Waals surface area contributed by atoms with Crippen molar-refractivity contribution in [2.45, 2.75) is 23.2 Å². The lowest BCUT2D eigenvalue weighted by Crippen LogP contribution is -2.24. The summed E-state index contributed by atoms with van der Waals surface area (Å²) in [6.45, 7) is 0. The molecule has 3 rings (SSSR count). The van der Waals surface area contributed by atoms with E-state index in [1.54, 1.807) is 0 Å². The zero-order chi connectivity index (χ0) is 14.8. The number of hydrogen-bond acceptors (Lipinski definition) is 7. The molecule has 1 aromatic heterocycles. The Kier molecular flexibility index (Phi) is 3.61. The number of aromatic nitrogens is 3. The first-order valence-corrected chi connectivity index (χ1v) is 7.32. The summed E-state index contributed by atoms with van der Waals surface area (Å²) in [6, 6.07) is 7.78. The van der Waals surface area contributed by atoms with Crippen LogP contribution in [0.1, 0.15) is 12.0 Å². The first-order chi connectivity index (χ1) is 10.1. The average Bonchev–Trinajstić information content (AvgIpc) is 2.58. The summed E-state index contributed by atoms with van der Waals surface area (Å²) in [4.78, 5) is 24.0. The summed E-state index contributed by atoms with van der Waals surface area (Å²) in [5.74, 6) is 0.0483. The number of amides is 1. The molecule has 0 bridgehead atoms. The van der Waals surface area contributed by atoms with Crippen LogP contribution in [-0.4, -0.2) is 26.1 Å². The van der Waals surface area contributed by atoms with Crippen molar-refractivity contribution in [2.24, 2.45) is 0 Å². The molecule has 0 saturated carbocycles. The summed E-state index contributed by atoms with van der Waals surface area (Å²) in [5.41, 5.74) is 13.1. The minimum absolute atomic E-state index is 0.0577. The number of nitrogens with two attached hydrogens (primary N) is 2. The van der Waals surface area contributed by atoms with Gasteiger partial charge in [0.2, 0.25) is 17.8 Å². The maximum absolute atomic E-state index is 12.3. The third-order valence-electron chi connectivity index (χ3n) is 3.14. The molecular weight excluding hydrogens is 288 g/mol. The van der Waals surface area contributed by atoms with E-state index in [2.05, 4.69) is 20.3 Å². The molecule has 1 aliphatic heterocycles. The van der Waals surface area contributed by atoms with Crippen molar-refractivity contribution in [3.63, 3.8) is 0 Å². The Bertz CT molecular complexity index is 672. The molecule has 8 heteroatoms. The molecule has 1 aromatic carbocycles. The maximum Gasteiger partial charge on any atom is 0.237 e. The molecule has 1 amide bonds. The molecule has 21 heavy (non-hydrogen) atoms. The van der Waals surface area contributed by atoms with Crippen molar-refractivity contribution >= 4 is 35.3 Å². The van der Waals surface area contributed by atoms with Gasteiger partial charge in [-0.1, -0.05) is 30.0 Å². The van der Waals surface area contributed by atoms with Gasteiger partial charge in [0, 0.05) is 5.69 Å². The highest BCUT2D eigenvalue weighted by atomic mass is 32.2.